The summed E-state index contributed by atoms with van der Waals surface area (Å²) >= 11 is 0. The fourth-order valence-corrected chi connectivity index (χ4v) is 4.27. The molecule has 2 fully saturated rings. The van der Waals surface area contributed by atoms with Gasteiger partial charge in [0, 0.05) is 45.3 Å². The zero-order valence-corrected chi connectivity index (χ0v) is 16.6. The van der Waals surface area contributed by atoms with Gasteiger partial charge in [0.2, 0.25) is 5.91 Å². The molecule has 6 heteroatoms. The molecule has 2 aliphatic rings. The van der Waals surface area contributed by atoms with E-state index in [1.54, 1.807) is 4.90 Å². The van der Waals surface area contributed by atoms with Gasteiger partial charge in [-0.05, 0) is 25.3 Å². The lowest BCUT2D eigenvalue weighted by atomic mass is 9.74. The van der Waals surface area contributed by atoms with Gasteiger partial charge in [0.1, 0.15) is 0 Å². The summed E-state index contributed by atoms with van der Waals surface area (Å²) < 4.78 is 0. The Morgan fingerprint density at radius 2 is 1.74 bits per heavy atom. The molecule has 148 valence electrons. The average Bonchev–Trinajstić information content (AvgIpc) is 2.67. The van der Waals surface area contributed by atoms with Gasteiger partial charge in [0.25, 0.3) is 0 Å². The molecule has 2 N–H and O–H groups in total. The summed E-state index contributed by atoms with van der Waals surface area (Å²) in [5.74, 6) is 0.0821. The Labute approximate surface area is 162 Å². The molecule has 0 radical (unpaired) electrons. The first-order valence-corrected chi connectivity index (χ1v) is 10.00. The van der Waals surface area contributed by atoms with Gasteiger partial charge in [-0.25, -0.2) is 4.79 Å². The maximum atomic E-state index is 13.0. The van der Waals surface area contributed by atoms with Crippen molar-refractivity contribution in [3.05, 3.63) is 35.9 Å². The van der Waals surface area contributed by atoms with Crippen LogP contribution in [-0.4, -0.2) is 65.4 Å². The van der Waals surface area contributed by atoms with Crippen LogP contribution in [0.5, 0.6) is 0 Å². The SMILES string of the molecule is CN(Cc1ccccc1)C(=O)N1CCN(C(=O)C2CCCCC2(C)N)CC1. The number of amides is 3. The van der Waals surface area contributed by atoms with E-state index in [9.17, 15) is 9.59 Å². The van der Waals surface area contributed by atoms with Gasteiger partial charge < -0.3 is 20.4 Å². The third-order valence-electron chi connectivity index (χ3n) is 6.00. The Morgan fingerprint density at radius 1 is 1.11 bits per heavy atom. The molecular weight excluding hydrogens is 340 g/mol. The number of piperazine rings is 1. The van der Waals surface area contributed by atoms with Crippen molar-refractivity contribution in [1.82, 2.24) is 14.7 Å². The lowest BCUT2D eigenvalue weighted by molar-refractivity contribution is -0.140. The number of carbonyl (C=O) groups excluding carboxylic acids is 2. The standard InChI is InChI=1S/C21H32N4O2/c1-21(22)11-7-6-10-18(21)19(26)24-12-14-25(15-13-24)20(27)23(2)16-17-8-4-3-5-9-17/h3-5,8-9,18H,6-7,10-16,22H2,1-2H3. The molecule has 1 saturated heterocycles. The summed E-state index contributed by atoms with van der Waals surface area (Å²) in [6.45, 7) is 4.95. The molecule has 1 heterocycles. The van der Waals surface area contributed by atoms with Gasteiger partial charge in [-0.2, -0.15) is 0 Å². The Balaban J connectivity index is 1.52. The van der Waals surface area contributed by atoms with Crippen molar-refractivity contribution in [2.45, 2.75) is 44.7 Å². The zero-order valence-electron chi connectivity index (χ0n) is 16.6. The minimum Gasteiger partial charge on any atom is -0.339 e. The van der Waals surface area contributed by atoms with Crippen LogP contribution in [-0.2, 0) is 11.3 Å². The van der Waals surface area contributed by atoms with Gasteiger partial charge in [-0.3, -0.25) is 4.79 Å². The first-order valence-electron chi connectivity index (χ1n) is 10.00. The summed E-state index contributed by atoms with van der Waals surface area (Å²) in [4.78, 5) is 31.2. The van der Waals surface area contributed by atoms with E-state index in [-0.39, 0.29) is 17.9 Å². The summed E-state index contributed by atoms with van der Waals surface area (Å²) in [6.07, 6.45) is 3.97. The molecule has 6 nitrogen and oxygen atoms in total. The van der Waals surface area contributed by atoms with Crippen LogP contribution in [0.1, 0.15) is 38.2 Å². The quantitative estimate of drug-likeness (QED) is 0.885. The molecule has 1 aromatic carbocycles. The normalized spacial score (nSPS) is 26.0. The number of hydrogen-bond donors (Lipinski definition) is 1. The van der Waals surface area contributed by atoms with E-state index in [0.717, 1.165) is 31.2 Å². The van der Waals surface area contributed by atoms with Gasteiger partial charge in [-0.15, -0.1) is 0 Å². The van der Waals surface area contributed by atoms with Gasteiger partial charge in [0.05, 0.1) is 5.92 Å². The van der Waals surface area contributed by atoms with Gasteiger partial charge in [-0.1, -0.05) is 43.2 Å². The lowest BCUT2D eigenvalue weighted by Gasteiger charge is -2.42. The second-order valence-electron chi connectivity index (χ2n) is 8.24. The van der Waals surface area contributed by atoms with Crippen molar-refractivity contribution < 1.29 is 9.59 Å². The highest BCUT2D eigenvalue weighted by atomic mass is 16.2. The van der Waals surface area contributed by atoms with Gasteiger partial charge >= 0.3 is 6.03 Å². The number of nitrogens with zero attached hydrogens (tertiary/aromatic N) is 3. The number of hydrogen-bond acceptors (Lipinski definition) is 3. The fourth-order valence-electron chi connectivity index (χ4n) is 4.27. The van der Waals surface area contributed by atoms with E-state index in [2.05, 4.69) is 0 Å². The molecule has 1 aromatic rings. The third-order valence-corrected chi connectivity index (χ3v) is 6.00. The Hall–Kier alpha value is -2.08. The van der Waals surface area contributed by atoms with Crippen LogP contribution in [0, 0.1) is 5.92 Å². The first-order chi connectivity index (χ1) is 12.9. The molecule has 2 unspecified atom stereocenters. The molecule has 1 saturated carbocycles. The highest BCUT2D eigenvalue weighted by Crippen LogP contribution is 2.33. The van der Waals surface area contributed by atoms with Gasteiger partial charge in [0.15, 0.2) is 0 Å². The number of carbonyl (C=O) groups is 2. The maximum absolute atomic E-state index is 13.0. The molecule has 0 aromatic heterocycles. The molecule has 2 atom stereocenters. The predicted molar refractivity (Wildman–Crippen MR) is 106 cm³/mol. The predicted octanol–water partition coefficient (Wildman–Crippen LogP) is 2.29. The van der Waals surface area contributed by atoms with E-state index >= 15 is 0 Å². The van der Waals surface area contributed by atoms with Crippen LogP contribution in [0.15, 0.2) is 30.3 Å². The molecule has 3 amide bonds. The van der Waals surface area contributed by atoms with E-state index in [1.165, 1.54) is 0 Å². The second-order valence-corrected chi connectivity index (χ2v) is 8.24. The van der Waals surface area contributed by atoms with Crippen molar-refractivity contribution in [3.63, 3.8) is 0 Å². The summed E-state index contributed by atoms with van der Waals surface area (Å²) in [5, 5.41) is 0. The first kappa shape index (κ1) is 19.7. The Bertz CT molecular complexity index is 653. The van der Waals surface area contributed by atoms with Crippen molar-refractivity contribution in [2.24, 2.45) is 11.7 Å². The minimum absolute atomic E-state index is 0.0206. The Morgan fingerprint density at radius 3 is 2.37 bits per heavy atom. The van der Waals surface area contributed by atoms with Crippen molar-refractivity contribution >= 4 is 11.9 Å². The molecule has 27 heavy (non-hydrogen) atoms. The van der Waals surface area contributed by atoms with Crippen LogP contribution in [0.2, 0.25) is 0 Å². The lowest BCUT2D eigenvalue weighted by Crippen LogP contribution is -2.58. The van der Waals surface area contributed by atoms with E-state index in [0.29, 0.717) is 32.7 Å². The molecule has 3 rings (SSSR count). The van der Waals surface area contributed by atoms with Crippen LogP contribution >= 0.6 is 0 Å². The van der Waals surface area contributed by atoms with Crippen LogP contribution in [0.3, 0.4) is 0 Å². The zero-order chi connectivity index (χ0) is 19.4. The van der Waals surface area contributed by atoms with Crippen molar-refractivity contribution in [2.75, 3.05) is 33.2 Å². The monoisotopic (exact) mass is 372 g/mol. The highest BCUT2D eigenvalue weighted by molar-refractivity contribution is 5.81. The molecule has 1 aliphatic carbocycles. The number of benzene rings is 1. The van der Waals surface area contributed by atoms with E-state index in [1.807, 2.05) is 54.1 Å². The molecule has 0 spiro atoms. The highest BCUT2D eigenvalue weighted by Gasteiger charge is 2.40. The molecule has 0 bridgehead atoms. The fraction of sp³-hybridized carbons (Fsp3) is 0.619. The van der Waals surface area contributed by atoms with E-state index < -0.39 is 5.54 Å². The third kappa shape index (κ3) is 4.61. The van der Waals surface area contributed by atoms with Crippen molar-refractivity contribution in [3.8, 4) is 0 Å². The van der Waals surface area contributed by atoms with Crippen LogP contribution in [0.4, 0.5) is 4.79 Å². The van der Waals surface area contributed by atoms with Crippen molar-refractivity contribution in [1.29, 1.82) is 0 Å². The summed E-state index contributed by atoms with van der Waals surface area (Å²) in [5.41, 5.74) is 7.11. The number of urea groups is 1. The van der Waals surface area contributed by atoms with Crippen LogP contribution in [0.25, 0.3) is 0 Å². The Kier molecular flexibility index (Phi) is 6.05. The molecular formula is C21H32N4O2. The smallest absolute Gasteiger partial charge is 0.320 e. The maximum Gasteiger partial charge on any atom is 0.320 e. The number of rotatable bonds is 3. The van der Waals surface area contributed by atoms with E-state index in [4.69, 9.17) is 5.73 Å². The topological polar surface area (TPSA) is 69.9 Å². The van der Waals surface area contributed by atoms with Crippen LogP contribution < -0.4 is 5.73 Å². The minimum atomic E-state index is -0.405. The summed E-state index contributed by atoms with van der Waals surface area (Å²) in [7, 11) is 1.83. The largest absolute Gasteiger partial charge is 0.339 e. The second kappa shape index (κ2) is 8.30. The average molecular weight is 373 g/mol. The molecule has 1 aliphatic heterocycles. The number of nitrogens with two attached hydrogens (primary N) is 1. The summed E-state index contributed by atoms with van der Waals surface area (Å²) in [6, 6.07) is 10.00.